The van der Waals surface area contributed by atoms with Gasteiger partial charge < -0.3 is 30.3 Å². The highest BCUT2D eigenvalue weighted by Gasteiger charge is 2.27. The van der Waals surface area contributed by atoms with Gasteiger partial charge in [-0.2, -0.15) is 16.8 Å². The second kappa shape index (κ2) is 23.2. The second-order valence-electron chi connectivity index (χ2n) is 14.4. The summed E-state index contributed by atoms with van der Waals surface area (Å²) in [4.78, 5) is 25.1. The third kappa shape index (κ3) is 12.2. The second-order valence-corrected chi connectivity index (χ2v) is 20.4. The first-order chi connectivity index (χ1) is 35.1. The van der Waals surface area contributed by atoms with Gasteiger partial charge in [0.1, 0.15) is 39.1 Å². The van der Waals surface area contributed by atoms with E-state index in [1.807, 2.05) is 0 Å². The van der Waals surface area contributed by atoms with Gasteiger partial charge in [-0.15, -0.1) is 29.1 Å². The molecule has 0 heterocycles. The molecule has 7 aromatic rings. The van der Waals surface area contributed by atoms with Crippen LogP contribution in [0.15, 0.2) is 125 Å². The Morgan fingerprint density at radius 2 is 1.18 bits per heavy atom. The van der Waals surface area contributed by atoms with Crippen molar-refractivity contribution in [2.24, 2.45) is 20.5 Å². The third-order valence-corrected chi connectivity index (χ3v) is 14.3. The largest absolute Gasteiger partial charge is 0.505 e. The van der Waals surface area contributed by atoms with Gasteiger partial charge in [0.2, 0.25) is 0 Å². The summed E-state index contributed by atoms with van der Waals surface area (Å²) < 4.78 is 90.9. The molecule has 0 spiro atoms. The van der Waals surface area contributed by atoms with Crippen LogP contribution in [0.2, 0.25) is 20.1 Å². The van der Waals surface area contributed by atoms with Crippen LogP contribution in [0.1, 0.15) is 20.7 Å². The number of amides is 2. The monoisotopic (exact) mass is 1170 g/mol. The molecule has 0 radical (unpaired) electrons. The van der Waals surface area contributed by atoms with E-state index in [2.05, 4.69) is 49.8 Å². The number of carbonyl (C=O) groups excluding carboxylic acids is 2. The van der Waals surface area contributed by atoms with Crippen molar-refractivity contribution in [2.45, 2.75) is 19.6 Å². The maximum Gasteiger partial charge on any atom is 0.296 e. The minimum absolute atomic E-state index is 0.0341. The van der Waals surface area contributed by atoms with Gasteiger partial charge in [-0.05, 0) is 77.5 Å². The molecule has 8 N–H and O–H groups in total. The van der Waals surface area contributed by atoms with Crippen molar-refractivity contribution < 1.29 is 84.5 Å². The molecule has 2 amide bonds. The Balaban J connectivity index is 1.34. The zero-order valence-electron chi connectivity index (χ0n) is 36.6. The van der Waals surface area contributed by atoms with Crippen LogP contribution in [0.3, 0.4) is 0 Å². The lowest BCUT2D eigenvalue weighted by Crippen LogP contribution is -2.13. The first-order valence-electron chi connectivity index (χ1n) is 19.6. The Morgan fingerprint density at radius 3 is 1.77 bits per heavy atom. The van der Waals surface area contributed by atoms with E-state index in [4.69, 9.17) is 66.4 Å². The van der Waals surface area contributed by atoms with Crippen molar-refractivity contribution in [3.8, 4) is 23.0 Å². The number of aromatic hydroxyl groups is 2. The summed E-state index contributed by atoms with van der Waals surface area (Å²) in [7, 11) is -7.82. The maximum atomic E-state index is 13.5. The minimum atomic E-state index is -5.24. The lowest BCUT2D eigenvalue weighted by atomic mass is 10.1. The molecule has 32 heteroatoms. The molecule has 0 aliphatic carbocycles. The number of rotatable bonds is 18. The molecule has 0 bridgehead atoms. The van der Waals surface area contributed by atoms with E-state index >= 15 is 0 Å². The molecular formula is C42H28Cl4N6O18S4. The molecule has 0 fully saturated rings. The first kappa shape index (κ1) is 55.6. The van der Waals surface area contributed by atoms with Crippen LogP contribution in [0.25, 0.3) is 21.5 Å². The van der Waals surface area contributed by atoms with E-state index in [1.54, 1.807) is 0 Å². The summed E-state index contributed by atoms with van der Waals surface area (Å²) >= 11 is 25.3. The van der Waals surface area contributed by atoms with E-state index < -0.39 is 64.7 Å². The fourth-order valence-electron chi connectivity index (χ4n) is 6.83. The fourth-order valence-corrected chi connectivity index (χ4v) is 9.74. The molecule has 24 nitrogen and oxygen atoms in total. The number of nitrogens with one attached hydrogen (secondary N) is 2. The van der Waals surface area contributed by atoms with Gasteiger partial charge in [0.15, 0.2) is 11.5 Å². The molecule has 0 saturated heterocycles. The predicted octanol–water partition coefficient (Wildman–Crippen LogP) is 12.7. The zero-order chi connectivity index (χ0) is 53.8. The normalized spacial score (nSPS) is 12.0. The van der Waals surface area contributed by atoms with Gasteiger partial charge in [-0.25, -0.2) is 10.5 Å². The van der Waals surface area contributed by atoms with Crippen LogP contribution in [0, 0.1) is 0 Å². The Kier molecular flexibility index (Phi) is 17.4. The van der Waals surface area contributed by atoms with Crippen LogP contribution in [0.5, 0.6) is 23.0 Å². The summed E-state index contributed by atoms with van der Waals surface area (Å²) in [6, 6.07) is 16.8. The highest BCUT2D eigenvalue weighted by molar-refractivity contribution is 7.95. The van der Waals surface area contributed by atoms with Gasteiger partial charge in [0.25, 0.3) is 32.1 Å². The molecule has 0 saturated carbocycles. The Labute approximate surface area is 444 Å². The molecule has 0 atom stereocenters. The number of halogens is 4. The van der Waals surface area contributed by atoms with Crippen molar-refractivity contribution >= 4 is 158 Å². The van der Waals surface area contributed by atoms with Gasteiger partial charge in [0.05, 0.1) is 85.7 Å². The summed E-state index contributed by atoms with van der Waals surface area (Å²) in [6.45, 7) is 0. The van der Waals surface area contributed by atoms with Gasteiger partial charge in [-0.3, -0.25) is 18.7 Å². The molecule has 0 aromatic heterocycles. The number of methoxy groups -OCH3 is 2. The van der Waals surface area contributed by atoms with Crippen LogP contribution >= 0.6 is 70.5 Å². The van der Waals surface area contributed by atoms with E-state index in [0.29, 0.717) is 12.0 Å². The number of nitrogens with zero attached hydrogens (tertiary/aromatic N) is 4. The maximum absolute atomic E-state index is 13.5. The van der Waals surface area contributed by atoms with E-state index in [1.165, 1.54) is 80.9 Å². The summed E-state index contributed by atoms with van der Waals surface area (Å²) in [5, 5.41) is 69.3. The Hall–Kier alpha value is -6.16. The highest BCUT2D eigenvalue weighted by atomic mass is 35.5. The van der Waals surface area contributed by atoms with Crippen LogP contribution in [-0.2, 0) is 39.0 Å². The first-order valence-corrected chi connectivity index (χ1v) is 25.5. The minimum Gasteiger partial charge on any atom is -0.505 e. The van der Waals surface area contributed by atoms with Crippen molar-refractivity contribution in [1.29, 1.82) is 0 Å². The number of hydrogen-bond acceptors (Lipinski definition) is 22. The number of anilines is 2. The molecule has 74 heavy (non-hydrogen) atoms. The van der Waals surface area contributed by atoms with Gasteiger partial charge in [-0.1, -0.05) is 62.5 Å². The molecule has 7 aromatic carbocycles. The van der Waals surface area contributed by atoms with Crippen LogP contribution < -0.4 is 20.1 Å². The Morgan fingerprint density at radius 1 is 0.608 bits per heavy atom. The quantitative estimate of drug-likeness (QED) is 0.0130. The smallest absolute Gasteiger partial charge is 0.296 e. The molecule has 386 valence electrons. The van der Waals surface area contributed by atoms with Gasteiger partial charge in [0, 0.05) is 32.8 Å². The summed E-state index contributed by atoms with van der Waals surface area (Å²) in [6.07, 6.45) is 0. The number of fused-ring (bicyclic) bond motifs is 2. The Bertz CT molecular complexity index is 3730. The van der Waals surface area contributed by atoms with Crippen molar-refractivity contribution in [1.82, 2.24) is 0 Å². The van der Waals surface area contributed by atoms with Crippen LogP contribution in [-0.4, -0.2) is 72.7 Å². The highest BCUT2D eigenvalue weighted by Crippen LogP contribution is 2.50. The van der Waals surface area contributed by atoms with Crippen molar-refractivity contribution in [3.05, 3.63) is 116 Å². The molecule has 0 aliphatic heterocycles. The number of azo groups is 2. The van der Waals surface area contributed by atoms with Gasteiger partial charge >= 0.3 is 0 Å². The number of phenols is 2. The summed E-state index contributed by atoms with van der Waals surface area (Å²) in [5.74, 6) is -3.83. The number of carbonyl (C=O) groups is 2. The molecule has 7 rings (SSSR count). The van der Waals surface area contributed by atoms with E-state index in [9.17, 15) is 45.7 Å². The number of hydrogen-bond donors (Lipinski definition) is 8. The average Bonchev–Trinajstić information content (AvgIpc) is 3.34. The SMILES string of the molecule is COc1cc(N=Nc2c(S(=O)(=O)O)cc3cc(SOOO)cc(NC(=O)c4cccc(Cl)c4Cl)c3c2O)c(OC)cc1N=Nc1c(SOOO)cc2cc(S(=O)(=O)O)cc(NC(=O)c3cc(Cl)ccc3Cl)c2c1O. The third-order valence-electron chi connectivity index (χ3n) is 10.00. The molecule has 0 aliphatic rings. The van der Waals surface area contributed by atoms with E-state index in [-0.39, 0.29) is 109 Å². The lowest BCUT2D eigenvalue weighted by molar-refractivity contribution is -0.432. The van der Waals surface area contributed by atoms with E-state index in [0.717, 1.165) is 18.2 Å². The average molecular weight is 1170 g/mol. The fraction of sp³-hybridized carbons (Fsp3) is 0.0476. The predicted molar refractivity (Wildman–Crippen MR) is 269 cm³/mol. The topological polar surface area (TPSA) is 353 Å². The zero-order valence-corrected chi connectivity index (χ0v) is 42.9. The lowest BCUT2D eigenvalue weighted by Gasteiger charge is -2.16. The number of phenolic OH excluding ortho intramolecular Hbond substituents is 2. The molecule has 0 unspecified atom stereocenters. The standard InChI is InChI=1S/C42H28Cl4N6O18S4/c1-65-30-16-27(50-52-38-33(74(62,63)64)11-17-8-20(71-69-67-57)13-28(34(17)40(38)54)47-41(55)22-4-3-5-25(45)36(22)46)31(66-2)15-26(30)49-51-37-32(72-70-68-58)10-18-9-21(73(59,60)61)14-29(35(18)39(37)53)48-42(56)23-12-19(43)6-7-24(23)44/h3-16,53-54,57-58H,1-2H3,(H,47,55)(H,48,56)(H,59,60,61)(H,62,63,64). The van der Waals surface area contributed by atoms with Crippen molar-refractivity contribution in [2.75, 3.05) is 24.9 Å². The number of benzene rings is 7. The molecular weight excluding hydrogens is 1150 g/mol. The van der Waals surface area contributed by atoms with Crippen LogP contribution in [0.4, 0.5) is 34.1 Å². The number of ether oxygens (including phenoxy) is 2. The van der Waals surface area contributed by atoms with Crippen molar-refractivity contribution in [3.63, 3.8) is 0 Å². The summed E-state index contributed by atoms with van der Waals surface area (Å²) in [5.41, 5.74) is -2.57.